The Balaban J connectivity index is 1.68. The third-order valence-electron chi connectivity index (χ3n) is 6.32. The molecular weight excluding hydrogens is 430 g/mol. The Labute approximate surface area is 190 Å². The highest BCUT2D eigenvalue weighted by Crippen LogP contribution is 2.28. The maximum absolute atomic E-state index is 13.1. The fourth-order valence-corrected chi connectivity index (χ4v) is 5.98. The van der Waals surface area contributed by atoms with Crippen molar-refractivity contribution in [2.24, 2.45) is 11.8 Å². The summed E-state index contributed by atoms with van der Waals surface area (Å²) in [7, 11) is -3.77. The van der Waals surface area contributed by atoms with Crippen LogP contribution in [0.4, 0.5) is 0 Å². The number of rotatable bonds is 11. The minimum Gasteiger partial charge on any atom is -0.356 e. The van der Waals surface area contributed by atoms with Crippen molar-refractivity contribution in [2.45, 2.75) is 69.2 Å². The van der Waals surface area contributed by atoms with Gasteiger partial charge in [-0.05, 0) is 30.7 Å². The lowest BCUT2D eigenvalue weighted by Crippen LogP contribution is -2.51. The number of nitrogens with one attached hydrogen (secondary N) is 3. The number of benzene rings is 1. The summed E-state index contributed by atoms with van der Waals surface area (Å²) in [6, 6.07) is 7.02. The maximum Gasteiger partial charge on any atom is 0.238 e. The van der Waals surface area contributed by atoms with Gasteiger partial charge in [0.15, 0.2) is 0 Å². The summed E-state index contributed by atoms with van der Waals surface area (Å²) in [5.74, 6) is -0.913. The molecule has 2 amide bonds. The quantitative estimate of drug-likeness (QED) is 0.431. The molecule has 1 saturated carbocycles. The van der Waals surface area contributed by atoms with Crippen molar-refractivity contribution in [3.8, 4) is 0 Å². The predicted octanol–water partition coefficient (Wildman–Crippen LogP) is 1.65. The molecule has 1 aromatic carbocycles. The first-order valence-electron chi connectivity index (χ1n) is 11.4. The van der Waals surface area contributed by atoms with Gasteiger partial charge in [-0.15, -0.1) is 0 Å². The van der Waals surface area contributed by atoms with E-state index in [1.54, 1.807) is 24.3 Å². The molecule has 0 aromatic heterocycles. The van der Waals surface area contributed by atoms with E-state index in [9.17, 15) is 22.8 Å². The molecule has 2 aliphatic rings. The van der Waals surface area contributed by atoms with Crippen molar-refractivity contribution in [1.29, 1.82) is 0 Å². The topological polar surface area (TPSA) is 121 Å². The lowest BCUT2D eigenvalue weighted by atomic mass is 9.85. The smallest absolute Gasteiger partial charge is 0.238 e. The minimum atomic E-state index is -3.77. The van der Waals surface area contributed by atoms with Gasteiger partial charge in [0.2, 0.25) is 21.8 Å². The first kappa shape index (κ1) is 24.4. The Morgan fingerprint density at radius 3 is 2.44 bits per heavy atom. The number of carbonyl (C=O) groups is 3. The van der Waals surface area contributed by atoms with Gasteiger partial charge in [-0.25, -0.2) is 13.1 Å². The van der Waals surface area contributed by atoms with Crippen LogP contribution in [0.2, 0.25) is 0 Å². The molecule has 176 valence electrons. The van der Waals surface area contributed by atoms with E-state index < -0.39 is 28.0 Å². The highest BCUT2D eigenvalue weighted by molar-refractivity contribution is 7.88. The molecule has 3 atom stereocenters. The zero-order chi connectivity index (χ0) is 23.0. The predicted molar refractivity (Wildman–Crippen MR) is 121 cm³/mol. The second-order valence-corrected chi connectivity index (χ2v) is 10.7. The molecule has 0 radical (unpaired) electrons. The molecule has 3 N–H and O–H groups in total. The summed E-state index contributed by atoms with van der Waals surface area (Å²) in [6.45, 7) is 0.562. The molecule has 1 saturated heterocycles. The SMILES string of the molecule is O=C[C@H](C[C@@H]1CCNC1=O)NC(=O)[C@H](CC1CCCCC1)NS(=O)(=O)Cc1ccccc1. The summed E-state index contributed by atoms with van der Waals surface area (Å²) >= 11 is 0. The van der Waals surface area contributed by atoms with E-state index in [1.165, 1.54) is 0 Å². The van der Waals surface area contributed by atoms with Crippen LogP contribution in [0.5, 0.6) is 0 Å². The van der Waals surface area contributed by atoms with Crippen LogP contribution in [0.15, 0.2) is 30.3 Å². The van der Waals surface area contributed by atoms with Gasteiger partial charge in [0, 0.05) is 12.5 Å². The number of hydrogen-bond acceptors (Lipinski definition) is 5. The van der Waals surface area contributed by atoms with Gasteiger partial charge in [-0.2, -0.15) is 0 Å². The van der Waals surface area contributed by atoms with Crippen molar-refractivity contribution in [3.05, 3.63) is 35.9 Å². The Kier molecular flexibility index (Phi) is 8.81. The van der Waals surface area contributed by atoms with Crippen LogP contribution in [0.3, 0.4) is 0 Å². The van der Waals surface area contributed by atoms with Crippen molar-refractivity contribution >= 4 is 28.1 Å². The Hall–Kier alpha value is -2.26. The molecule has 32 heavy (non-hydrogen) atoms. The molecular formula is C23H33N3O5S. The fraction of sp³-hybridized carbons (Fsp3) is 0.609. The number of amides is 2. The third-order valence-corrected chi connectivity index (χ3v) is 7.68. The number of hydrogen-bond donors (Lipinski definition) is 3. The maximum atomic E-state index is 13.1. The number of aldehydes is 1. The molecule has 1 aliphatic carbocycles. The fourth-order valence-electron chi connectivity index (χ4n) is 4.63. The largest absolute Gasteiger partial charge is 0.356 e. The van der Waals surface area contributed by atoms with Crippen LogP contribution in [0.25, 0.3) is 0 Å². The van der Waals surface area contributed by atoms with Crippen LogP contribution >= 0.6 is 0 Å². The Bertz CT molecular complexity index is 884. The van der Waals surface area contributed by atoms with Gasteiger partial charge in [0.25, 0.3) is 0 Å². The first-order chi connectivity index (χ1) is 15.4. The molecule has 9 heteroatoms. The first-order valence-corrected chi connectivity index (χ1v) is 13.1. The van der Waals surface area contributed by atoms with Crippen molar-refractivity contribution in [3.63, 3.8) is 0 Å². The van der Waals surface area contributed by atoms with E-state index in [0.29, 0.717) is 31.2 Å². The minimum absolute atomic E-state index is 0.117. The van der Waals surface area contributed by atoms with E-state index in [1.807, 2.05) is 6.07 Å². The molecule has 8 nitrogen and oxygen atoms in total. The van der Waals surface area contributed by atoms with E-state index in [2.05, 4.69) is 15.4 Å². The summed E-state index contributed by atoms with van der Waals surface area (Å²) < 4.78 is 28.2. The second-order valence-electron chi connectivity index (χ2n) is 8.92. The Morgan fingerprint density at radius 1 is 1.09 bits per heavy atom. The average Bonchev–Trinajstić information content (AvgIpc) is 3.18. The van der Waals surface area contributed by atoms with E-state index in [4.69, 9.17) is 0 Å². The zero-order valence-electron chi connectivity index (χ0n) is 18.3. The van der Waals surface area contributed by atoms with E-state index in [-0.39, 0.29) is 29.9 Å². The molecule has 1 aliphatic heterocycles. The van der Waals surface area contributed by atoms with Gasteiger partial charge >= 0.3 is 0 Å². The monoisotopic (exact) mass is 463 g/mol. The molecule has 2 fully saturated rings. The third kappa shape index (κ3) is 7.41. The Morgan fingerprint density at radius 2 is 1.81 bits per heavy atom. The lowest BCUT2D eigenvalue weighted by Gasteiger charge is -2.27. The normalized spacial score (nSPS) is 21.5. The van der Waals surface area contributed by atoms with E-state index in [0.717, 1.165) is 32.1 Å². The molecule has 0 spiro atoms. The van der Waals surface area contributed by atoms with Crippen molar-refractivity contribution in [1.82, 2.24) is 15.4 Å². The highest BCUT2D eigenvalue weighted by Gasteiger charge is 2.32. The standard InChI is InChI=1S/C23H33N3O5S/c27-15-20(14-19-11-12-24-22(19)28)25-23(29)21(13-17-7-3-1-4-8-17)26-32(30,31)16-18-9-5-2-6-10-18/h2,5-6,9-10,15,17,19-21,26H,1,3-4,7-8,11-14,16H2,(H,24,28)(H,25,29)/t19-,20-,21-/m0/s1. The molecule has 0 unspecified atom stereocenters. The molecule has 1 heterocycles. The summed E-state index contributed by atoms with van der Waals surface area (Å²) in [6.07, 6.45) is 7.08. The number of sulfonamides is 1. The second kappa shape index (κ2) is 11.6. The summed E-state index contributed by atoms with van der Waals surface area (Å²) in [5, 5.41) is 5.40. The van der Waals surface area contributed by atoms with Gasteiger partial charge in [-0.3, -0.25) is 9.59 Å². The van der Waals surface area contributed by atoms with Crippen LogP contribution in [-0.2, 0) is 30.2 Å². The van der Waals surface area contributed by atoms with Crippen LogP contribution in [-0.4, -0.2) is 45.1 Å². The van der Waals surface area contributed by atoms with Gasteiger partial charge in [0.05, 0.1) is 11.8 Å². The zero-order valence-corrected chi connectivity index (χ0v) is 19.1. The van der Waals surface area contributed by atoms with Crippen LogP contribution in [0.1, 0.15) is 56.9 Å². The van der Waals surface area contributed by atoms with Crippen LogP contribution in [0, 0.1) is 11.8 Å². The van der Waals surface area contributed by atoms with E-state index >= 15 is 0 Å². The van der Waals surface area contributed by atoms with Crippen LogP contribution < -0.4 is 15.4 Å². The van der Waals surface area contributed by atoms with Gasteiger partial charge < -0.3 is 15.4 Å². The van der Waals surface area contributed by atoms with Crippen molar-refractivity contribution in [2.75, 3.05) is 6.54 Å². The molecule has 3 rings (SSSR count). The summed E-state index contributed by atoms with van der Waals surface area (Å²) in [4.78, 5) is 36.5. The average molecular weight is 464 g/mol. The highest BCUT2D eigenvalue weighted by atomic mass is 32.2. The lowest BCUT2D eigenvalue weighted by molar-refractivity contribution is -0.127. The number of carbonyl (C=O) groups excluding carboxylic acids is 3. The molecule has 0 bridgehead atoms. The van der Waals surface area contributed by atoms with Crippen molar-refractivity contribution < 1.29 is 22.8 Å². The van der Waals surface area contributed by atoms with Gasteiger partial charge in [0.1, 0.15) is 12.3 Å². The summed E-state index contributed by atoms with van der Waals surface area (Å²) in [5.41, 5.74) is 0.634. The van der Waals surface area contributed by atoms with Gasteiger partial charge in [-0.1, -0.05) is 62.4 Å². The molecule has 1 aromatic rings.